The fourth-order valence-corrected chi connectivity index (χ4v) is 2.87. The molecule has 3 aliphatic heterocycles. The van der Waals surface area contributed by atoms with E-state index < -0.39 is 0 Å². The summed E-state index contributed by atoms with van der Waals surface area (Å²) in [4.78, 5) is 0. The number of allylic oxidation sites excluding steroid dienone is 1. The predicted molar refractivity (Wildman–Crippen MR) is 57.5 cm³/mol. The minimum atomic E-state index is 0.370. The lowest BCUT2D eigenvalue weighted by Gasteiger charge is -2.25. The normalized spacial score (nSPS) is 43.2. The smallest absolute Gasteiger partial charge is 0.110 e. The van der Waals surface area contributed by atoms with Crippen molar-refractivity contribution < 1.29 is 9.47 Å². The SMILES string of the molecule is C1=COC(CNC2CC3CCC2O3)CC1. The van der Waals surface area contributed by atoms with Crippen molar-refractivity contribution in [3.63, 3.8) is 0 Å². The highest BCUT2D eigenvalue weighted by Crippen LogP contribution is 2.34. The molecule has 3 aliphatic rings. The first kappa shape index (κ1) is 9.67. The highest BCUT2D eigenvalue weighted by atomic mass is 16.5. The van der Waals surface area contributed by atoms with E-state index in [1.807, 2.05) is 6.26 Å². The van der Waals surface area contributed by atoms with Crippen LogP contribution in [0.4, 0.5) is 0 Å². The fraction of sp³-hybridized carbons (Fsp3) is 0.833. The molecule has 1 N–H and O–H groups in total. The van der Waals surface area contributed by atoms with E-state index in [0.29, 0.717) is 24.4 Å². The van der Waals surface area contributed by atoms with Crippen LogP contribution in [-0.2, 0) is 9.47 Å². The van der Waals surface area contributed by atoms with Crippen LogP contribution >= 0.6 is 0 Å². The molecule has 0 aromatic rings. The third kappa shape index (κ3) is 2.04. The van der Waals surface area contributed by atoms with Gasteiger partial charge in [0.05, 0.1) is 18.5 Å². The number of hydrogen-bond acceptors (Lipinski definition) is 3. The first-order valence-corrected chi connectivity index (χ1v) is 6.11. The first-order chi connectivity index (χ1) is 7.42. The predicted octanol–water partition coefficient (Wildman–Crippen LogP) is 1.59. The van der Waals surface area contributed by atoms with E-state index in [1.165, 1.54) is 19.3 Å². The van der Waals surface area contributed by atoms with Crippen molar-refractivity contribution >= 4 is 0 Å². The Hall–Kier alpha value is -0.540. The van der Waals surface area contributed by atoms with Gasteiger partial charge < -0.3 is 14.8 Å². The van der Waals surface area contributed by atoms with Crippen LogP contribution in [0.15, 0.2) is 12.3 Å². The van der Waals surface area contributed by atoms with Crippen molar-refractivity contribution in [1.29, 1.82) is 0 Å². The van der Waals surface area contributed by atoms with Crippen LogP contribution in [0.2, 0.25) is 0 Å². The molecule has 0 radical (unpaired) electrons. The number of rotatable bonds is 3. The topological polar surface area (TPSA) is 30.5 Å². The number of fused-ring (bicyclic) bond motifs is 2. The van der Waals surface area contributed by atoms with Gasteiger partial charge in [-0.1, -0.05) is 0 Å². The molecule has 0 aromatic carbocycles. The van der Waals surface area contributed by atoms with Crippen LogP contribution in [0.1, 0.15) is 32.1 Å². The van der Waals surface area contributed by atoms with Crippen molar-refractivity contribution in [2.75, 3.05) is 6.54 Å². The van der Waals surface area contributed by atoms with Gasteiger partial charge in [0.25, 0.3) is 0 Å². The lowest BCUT2D eigenvalue weighted by Crippen LogP contribution is -2.42. The molecule has 3 heteroatoms. The second-order valence-corrected chi connectivity index (χ2v) is 4.83. The van der Waals surface area contributed by atoms with Crippen LogP contribution in [0.5, 0.6) is 0 Å². The van der Waals surface area contributed by atoms with E-state index >= 15 is 0 Å². The molecule has 0 amide bonds. The van der Waals surface area contributed by atoms with E-state index in [4.69, 9.17) is 9.47 Å². The van der Waals surface area contributed by atoms with Gasteiger partial charge in [0.15, 0.2) is 0 Å². The van der Waals surface area contributed by atoms with Gasteiger partial charge in [-0.3, -0.25) is 0 Å². The number of hydrogen-bond donors (Lipinski definition) is 1. The summed E-state index contributed by atoms with van der Waals surface area (Å²) < 4.78 is 11.3. The highest BCUT2D eigenvalue weighted by molar-refractivity contribution is 4.94. The van der Waals surface area contributed by atoms with Crippen LogP contribution in [0.3, 0.4) is 0 Å². The van der Waals surface area contributed by atoms with Crippen LogP contribution in [0.25, 0.3) is 0 Å². The van der Waals surface area contributed by atoms with E-state index in [1.54, 1.807) is 0 Å². The molecule has 3 nitrogen and oxygen atoms in total. The zero-order valence-corrected chi connectivity index (χ0v) is 9.02. The van der Waals surface area contributed by atoms with Gasteiger partial charge in [-0.05, 0) is 38.2 Å². The van der Waals surface area contributed by atoms with Crippen molar-refractivity contribution in [3.05, 3.63) is 12.3 Å². The first-order valence-electron chi connectivity index (χ1n) is 6.11. The second-order valence-electron chi connectivity index (χ2n) is 4.83. The van der Waals surface area contributed by atoms with E-state index in [0.717, 1.165) is 19.4 Å². The molecule has 2 saturated heterocycles. The van der Waals surface area contributed by atoms with Crippen LogP contribution < -0.4 is 5.32 Å². The third-order valence-corrected chi connectivity index (χ3v) is 3.74. The summed E-state index contributed by atoms with van der Waals surface area (Å²) in [6.07, 6.45) is 11.3. The summed E-state index contributed by atoms with van der Waals surface area (Å²) in [6, 6.07) is 0.582. The third-order valence-electron chi connectivity index (χ3n) is 3.74. The maximum absolute atomic E-state index is 5.81. The molecule has 84 valence electrons. The Kier molecular flexibility index (Phi) is 2.67. The molecule has 0 spiro atoms. The molecular formula is C12H19NO2. The summed E-state index contributed by atoms with van der Waals surface area (Å²) in [5, 5.41) is 3.60. The molecule has 3 heterocycles. The maximum atomic E-state index is 5.81. The number of ether oxygens (including phenoxy) is 2. The summed E-state index contributed by atoms with van der Waals surface area (Å²) in [6.45, 7) is 0.974. The van der Waals surface area contributed by atoms with Gasteiger partial charge in [0, 0.05) is 12.6 Å². The zero-order chi connectivity index (χ0) is 10.1. The van der Waals surface area contributed by atoms with Gasteiger partial charge in [-0.15, -0.1) is 0 Å². The van der Waals surface area contributed by atoms with E-state index in [2.05, 4.69) is 11.4 Å². The molecular weight excluding hydrogens is 190 g/mol. The Morgan fingerprint density at radius 2 is 2.27 bits per heavy atom. The quantitative estimate of drug-likeness (QED) is 0.765. The van der Waals surface area contributed by atoms with Crippen molar-refractivity contribution in [1.82, 2.24) is 5.32 Å². The Balaban J connectivity index is 1.44. The van der Waals surface area contributed by atoms with Crippen molar-refractivity contribution in [3.8, 4) is 0 Å². The maximum Gasteiger partial charge on any atom is 0.110 e. The van der Waals surface area contributed by atoms with Gasteiger partial charge in [0.2, 0.25) is 0 Å². The van der Waals surface area contributed by atoms with Gasteiger partial charge in [-0.25, -0.2) is 0 Å². The van der Waals surface area contributed by atoms with Gasteiger partial charge >= 0.3 is 0 Å². The molecule has 0 aliphatic carbocycles. The Bertz CT molecular complexity index is 254. The molecule has 2 fully saturated rings. The van der Waals surface area contributed by atoms with Crippen LogP contribution in [0, 0.1) is 0 Å². The summed E-state index contributed by atoms with van der Waals surface area (Å²) in [5.41, 5.74) is 0. The van der Waals surface area contributed by atoms with Crippen LogP contribution in [-0.4, -0.2) is 30.9 Å². The summed E-state index contributed by atoms with van der Waals surface area (Å²) in [7, 11) is 0. The molecule has 15 heavy (non-hydrogen) atoms. The molecule has 4 atom stereocenters. The monoisotopic (exact) mass is 209 g/mol. The van der Waals surface area contributed by atoms with Gasteiger partial charge in [0.1, 0.15) is 6.10 Å². The average molecular weight is 209 g/mol. The Morgan fingerprint density at radius 1 is 1.27 bits per heavy atom. The molecule has 4 unspecified atom stereocenters. The van der Waals surface area contributed by atoms with Crippen molar-refractivity contribution in [2.45, 2.75) is 56.5 Å². The zero-order valence-electron chi connectivity index (χ0n) is 9.02. The lowest BCUT2D eigenvalue weighted by atomic mass is 9.95. The minimum Gasteiger partial charge on any atom is -0.497 e. The fourth-order valence-electron chi connectivity index (χ4n) is 2.87. The molecule has 0 aromatic heterocycles. The molecule has 3 rings (SSSR count). The average Bonchev–Trinajstić information content (AvgIpc) is 2.89. The molecule has 2 bridgehead atoms. The lowest BCUT2D eigenvalue weighted by molar-refractivity contribution is 0.0896. The highest BCUT2D eigenvalue weighted by Gasteiger charge is 2.40. The van der Waals surface area contributed by atoms with Crippen molar-refractivity contribution in [2.24, 2.45) is 0 Å². The summed E-state index contributed by atoms with van der Waals surface area (Å²) in [5.74, 6) is 0. The second kappa shape index (κ2) is 4.14. The van der Waals surface area contributed by atoms with E-state index in [9.17, 15) is 0 Å². The number of nitrogens with one attached hydrogen (secondary N) is 1. The largest absolute Gasteiger partial charge is 0.497 e. The Labute approximate surface area is 90.8 Å². The van der Waals surface area contributed by atoms with E-state index in [-0.39, 0.29) is 0 Å². The Morgan fingerprint density at radius 3 is 2.93 bits per heavy atom. The standard InChI is InChI=1S/C12H19NO2/c1-2-6-14-10(3-1)8-13-11-7-9-4-5-12(11)15-9/h2,6,9-13H,1,3-5,7-8H2. The molecule has 0 saturated carbocycles. The summed E-state index contributed by atoms with van der Waals surface area (Å²) >= 11 is 0. The van der Waals surface area contributed by atoms with Gasteiger partial charge in [-0.2, -0.15) is 0 Å². The minimum absolute atomic E-state index is 0.370.